The predicted octanol–water partition coefficient (Wildman–Crippen LogP) is 4.40. The Balaban J connectivity index is 2.89. The van der Waals surface area contributed by atoms with Crippen LogP contribution in [0.5, 0.6) is 0 Å². The maximum atomic E-state index is 12.6. The number of urea groups is 1. The number of halogens is 4. The van der Waals surface area contributed by atoms with Crippen molar-refractivity contribution in [3.8, 4) is 0 Å². The number of anilines is 1. The molecule has 0 radical (unpaired) electrons. The SMILES string of the molecule is CC=C(C)NC(=O)Nc1ccc(Cl)c(C(F)(F)F)c1. The zero-order valence-corrected chi connectivity index (χ0v) is 11.0. The van der Waals surface area contributed by atoms with Crippen LogP contribution in [0.4, 0.5) is 23.7 Å². The summed E-state index contributed by atoms with van der Waals surface area (Å²) >= 11 is 5.47. The molecule has 1 aromatic carbocycles. The predicted molar refractivity (Wildman–Crippen MR) is 68.0 cm³/mol. The number of carbonyl (C=O) groups is 1. The first-order valence-electron chi connectivity index (χ1n) is 5.31. The highest BCUT2D eigenvalue weighted by molar-refractivity contribution is 6.31. The van der Waals surface area contributed by atoms with E-state index in [-0.39, 0.29) is 5.69 Å². The second-order valence-corrected chi connectivity index (χ2v) is 4.15. The average molecular weight is 293 g/mol. The lowest BCUT2D eigenvalue weighted by atomic mass is 10.2. The molecule has 0 heterocycles. The molecule has 0 fully saturated rings. The number of carbonyl (C=O) groups excluding carboxylic acids is 1. The lowest BCUT2D eigenvalue weighted by Crippen LogP contribution is -2.27. The molecular formula is C12H12ClF3N2O. The molecule has 0 saturated carbocycles. The Hall–Kier alpha value is -1.69. The number of hydrogen-bond donors (Lipinski definition) is 2. The molecule has 2 N–H and O–H groups in total. The molecule has 0 bridgehead atoms. The van der Waals surface area contributed by atoms with Gasteiger partial charge in [-0.2, -0.15) is 13.2 Å². The minimum atomic E-state index is -4.56. The number of nitrogens with one attached hydrogen (secondary N) is 2. The van der Waals surface area contributed by atoms with Gasteiger partial charge in [0.15, 0.2) is 0 Å². The van der Waals surface area contributed by atoms with Crippen molar-refractivity contribution in [2.45, 2.75) is 20.0 Å². The van der Waals surface area contributed by atoms with Crippen molar-refractivity contribution in [2.24, 2.45) is 0 Å². The van der Waals surface area contributed by atoms with Gasteiger partial charge in [-0.05, 0) is 32.0 Å². The Bertz CT molecular complexity index is 512. The topological polar surface area (TPSA) is 41.1 Å². The second kappa shape index (κ2) is 5.97. The van der Waals surface area contributed by atoms with Gasteiger partial charge in [0.05, 0.1) is 10.6 Å². The van der Waals surface area contributed by atoms with Gasteiger partial charge >= 0.3 is 12.2 Å². The number of alkyl halides is 3. The van der Waals surface area contributed by atoms with E-state index in [4.69, 9.17) is 11.6 Å². The lowest BCUT2D eigenvalue weighted by molar-refractivity contribution is -0.137. The minimum absolute atomic E-state index is 0.0122. The third kappa shape index (κ3) is 4.48. The van der Waals surface area contributed by atoms with Crippen molar-refractivity contribution >= 4 is 23.3 Å². The molecular weight excluding hydrogens is 281 g/mol. The molecule has 0 atom stereocenters. The van der Waals surface area contributed by atoms with Crippen molar-refractivity contribution in [3.63, 3.8) is 0 Å². The fourth-order valence-corrected chi connectivity index (χ4v) is 1.46. The van der Waals surface area contributed by atoms with Crippen LogP contribution in [0.1, 0.15) is 19.4 Å². The highest BCUT2D eigenvalue weighted by atomic mass is 35.5. The molecule has 0 saturated heterocycles. The fraction of sp³-hybridized carbons (Fsp3) is 0.250. The summed E-state index contributed by atoms with van der Waals surface area (Å²) in [6.07, 6.45) is -2.91. The van der Waals surface area contributed by atoms with E-state index >= 15 is 0 Å². The van der Waals surface area contributed by atoms with Crippen LogP contribution in [0.15, 0.2) is 30.0 Å². The summed E-state index contributed by atoms with van der Waals surface area (Å²) in [5.74, 6) is 0. The van der Waals surface area contributed by atoms with Crippen molar-refractivity contribution in [3.05, 3.63) is 40.6 Å². The molecule has 19 heavy (non-hydrogen) atoms. The Kier molecular flexibility index (Phi) is 4.83. The van der Waals surface area contributed by atoms with E-state index in [9.17, 15) is 18.0 Å². The molecule has 3 nitrogen and oxygen atoms in total. The van der Waals surface area contributed by atoms with E-state index in [0.29, 0.717) is 5.70 Å². The van der Waals surface area contributed by atoms with Crippen LogP contribution in [-0.4, -0.2) is 6.03 Å². The molecule has 0 unspecified atom stereocenters. The Morgan fingerprint density at radius 3 is 2.53 bits per heavy atom. The second-order valence-electron chi connectivity index (χ2n) is 3.74. The van der Waals surface area contributed by atoms with E-state index in [2.05, 4.69) is 10.6 Å². The molecule has 0 aromatic heterocycles. The normalized spacial score (nSPS) is 12.2. The van der Waals surface area contributed by atoms with Crippen LogP contribution in [0.3, 0.4) is 0 Å². The smallest absolute Gasteiger partial charge is 0.312 e. The number of hydrogen-bond acceptors (Lipinski definition) is 1. The number of rotatable bonds is 2. The highest BCUT2D eigenvalue weighted by Crippen LogP contribution is 2.36. The first-order valence-corrected chi connectivity index (χ1v) is 5.69. The molecule has 7 heteroatoms. The van der Waals surface area contributed by atoms with Gasteiger partial charge in [-0.1, -0.05) is 17.7 Å². The zero-order valence-electron chi connectivity index (χ0n) is 10.2. The van der Waals surface area contributed by atoms with Crippen molar-refractivity contribution in [1.29, 1.82) is 0 Å². The van der Waals surface area contributed by atoms with E-state index in [1.165, 1.54) is 6.07 Å². The van der Waals surface area contributed by atoms with E-state index in [1.807, 2.05) is 0 Å². The van der Waals surface area contributed by atoms with Crippen LogP contribution in [0.2, 0.25) is 5.02 Å². The summed E-state index contributed by atoms with van der Waals surface area (Å²) in [5.41, 5.74) is -0.393. The maximum absolute atomic E-state index is 12.6. The number of benzene rings is 1. The highest BCUT2D eigenvalue weighted by Gasteiger charge is 2.33. The summed E-state index contributed by atoms with van der Waals surface area (Å²) < 4.78 is 37.8. The largest absolute Gasteiger partial charge is 0.417 e. The Morgan fingerprint density at radius 1 is 1.37 bits per heavy atom. The van der Waals surface area contributed by atoms with E-state index in [0.717, 1.165) is 12.1 Å². The molecule has 0 aliphatic heterocycles. The zero-order chi connectivity index (χ0) is 14.6. The van der Waals surface area contributed by atoms with Gasteiger partial charge in [0.1, 0.15) is 0 Å². The van der Waals surface area contributed by atoms with Gasteiger partial charge in [-0.15, -0.1) is 0 Å². The standard InChI is InChI=1S/C12H12ClF3N2O/c1-3-7(2)17-11(19)18-8-4-5-10(13)9(6-8)12(14,15)16/h3-6H,1-2H3,(H2,17,18,19). The van der Waals surface area contributed by atoms with Crippen LogP contribution < -0.4 is 10.6 Å². The average Bonchev–Trinajstić information content (AvgIpc) is 2.29. The maximum Gasteiger partial charge on any atom is 0.417 e. The van der Waals surface area contributed by atoms with Gasteiger partial charge < -0.3 is 10.6 Å². The summed E-state index contributed by atoms with van der Waals surface area (Å²) in [7, 11) is 0. The molecule has 2 amide bonds. The van der Waals surface area contributed by atoms with E-state index < -0.39 is 22.8 Å². The summed E-state index contributed by atoms with van der Waals surface area (Å²) in [6, 6.07) is 2.54. The molecule has 1 aromatic rings. The Morgan fingerprint density at radius 2 is 2.00 bits per heavy atom. The lowest BCUT2D eigenvalue weighted by Gasteiger charge is -2.12. The number of amides is 2. The van der Waals surface area contributed by atoms with Gasteiger partial charge in [0.25, 0.3) is 0 Å². The summed E-state index contributed by atoms with van der Waals surface area (Å²) in [5, 5.41) is 4.33. The van der Waals surface area contributed by atoms with Crippen molar-refractivity contribution in [2.75, 3.05) is 5.32 Å². The molecule has 0 aliphatic rings. The first-order chi connectivity index (χ1) is 8.74. The van der Waals surface area contributed by atoms with Gasteiger partial charge in [-0.3, -0.25) is 0 Å². The van der Waals surface area contributed by atoms with Crippen LogP contribution in [0, 0.1) is 0 Å². The van der Waals surface area contributed by atoms with E-state index in [1.54, 1.807) is 19.9 Å². The van der Waals surface area contributed by atoms with Gasteiger partial charge in [0, 0.05) is 11.4 Å². The van der Waals surface area contributed by atoms with Gasteiger partial charge in [0.2, 0.25) is 0 Å². The van der Waals surface area contributed by atoms with Crippen molar-refractivity contribution < 1.29 is 18.0 Å². The van der Waals surface area contributed by atoms with Crippen molar-refractivity contribution in [1.82, 2.24) is 5.32 Å². The monoisotopic (exact) mass is 292 g/mol. The Labute approximate surface area is 113 Å². The molecule has 104 valence electrons. The van der Waals surface area contributed by atoms with Crippen LogP contribution in [0.25, 0.3) is 0 Å². The molecule has 0 spiro atoms. The third-order valence-corrected chi connectivity index (χ3v) is 2.60. The third-order valence-electron chi connectivity index (χ3n) is 2.27. The van der Waals surface area contributed by atoms with Crippen LogP contribution >= 0.6 is 11.6 Å². The van der Waals surface area contributed by atoms with Crippen LogP contribution in [-0.2, 0) is 6.18 Å². The molecule has 1 rings (SSSR count). The summed E-state index contributed by atoms with van der Waals surface area (Å²) in [6.45, 7) is 3.38. The molecule has 0 aliphatic carbocycles. The summed E-state index contributed by atoms with van der Waals surface area (Å²) in [4.78, 5) is 11.5. The first kappa shape index (κ1) is 15.4. The number of allylic oxidation sites excluding steroid dienone is 2. The fourth-order valence-electron chi connectivity index (χ4n) is 1.23. The van der Waals surface area contributed by atoms with Gasteiger partial charge in [-0.25, -0.2) is 4.79 Å². The quantitative estimate of drug-likeness (QED) is 0.833. The minimum Gasteiger partial charge on any atom is -0.312 e.